The average Bonchev–Trinajstić information content (AvgIpc) is 2.08. The second kappa shape index (κ2) is 5.21. The molecule has 0 rings (SSSR count). The Morgan fingerprint density at radius 1 is 1.00 bits per heavy atom. The van der Waals surface area contributed by atoms with E-state index in [0.717, 1.165) is 6.42 Å². The predicted octanol–water partition coefficient (Wildman–Crippen LogP) is 4.05. The lowest BCUT2D eigenvalue weighted by Gasteiger charge is -2.32. The quantitative estimate of drug-likeness (QED) is 0.456. The van der Waals surface area contributed by atoms with Crippen molar-refractivity contribution in [3.63, 3.8) is 0 Å². The van der Waals surface area contributed by atoms with E-state index in [1.165, 1.54) is 18.1 Å². The Labute approximate surface area is 77.3 Å². The minimum Gasteiger partial charge on any atom is -0.127 e. The Hall–Kier alpha value is 0.507. The van der Waals surface area contributed by atoms with Gasteiger partial charge in [-0.05, 0) is 6.42 Å². The van der Waals surface area contributed by atoms with Crippen molar-refractivity contribution >= 4 is 19.7 Å². The van der Waals surface area contributed by atoms with Gasteiger partial charge in [-0.1, -0.05) is 45.8 Å². The van der Waals surface area contributed by atoms with Crippen LogP contribution in [0.25, 0.3) is 0 Å². The second-order valence-corrected chi connectivity index (χ2v) is 9.73. The van der Waals surface area contributed by atoms with Crippen LogP contribution in [0.1, 0.15) is 34.1 Å². The van der Waals surface area contributed by atoms with Crippen molar-refractivity contribution in [2.75, 3.05) is 0 Å². The lowest BCUT2D eigenvalue weighted by molar-refractivity contribution is 0.950. The molecule has 0 aliphatic carbocycles. The molecule has 0 aliphatic rings. The SMILES string of the molecule is CCC(Cl)[Si](CC)(CC)CC. The number of hydrogen-bond acceptors (Lipinski definition) is 0. The third-order valence-corrected chi connectivity index (χ3v) is 10.8. The summed E-state index contributed by atoms with van der Waals surface area (Å²) in [6.07, 6.45) is 1.16. The molecular weight excluding hydrogens is 172 g/mol. The highest BCUT2D eigenvalue weighted by atomic mass is 35.5. The minimum atomic E-state index is -1.06. The molecule has 1 atom stereocenters. The summed E-state index contributed by atoms with van der Waals surface area (Å²) >= 11 is 6.35. The number of rotatable bonds is 5. The summed E-state index contributed by atoms with van der Waals surface area (Å²) in [5.41, 5.74) is 0. The first-order valence-electron chi connectivity index (χ1n) is 4.80. The molecule has 2 heteroatoms. The smallest absolute Gasteiger partial charge is 0.0731 e. The topological polar surface area (TPSA) is 0 Å². The van der Waals surface area contributed by atoms with Crippen LogP contribution in [0.15, 0.2) is 0 Å². The molecule has 0 N–H and O–H groups in total. The summed E-state index contributed by atoms with van der Waals surface area (Å²) in [4.78, 5) is 0. The highest BCUT2D eigenvalue weighted by molar-refractivity contribution is 6.86. The molecule has 0 fully saturated rings. The predicted molar refractivity (Wildman–Crippen MR) is 57.1 cm³/mol. The maximum Gasteiger partial charge on any atom is 0.0731 e. The summed E-state index contributed by atoms with van der Waals surface area (Å²) in [5.74, 6) is 0. The fourth-order valence-electron chi connectivity index (χ4n) is 1.85. The van der Waals surface area contributed by atoms with Gasteiger partial charge in [0.25, 0.3) is 0 Å². The van der Waals surface area contributed by atoms with E-state index in [-0.39, 0.29) is 0 Å². The molecule has 0 aliphatic heterocycles. The van der Waals surface area contributed by atoms with Gasteiger partial charge >= 0.3 is 0 Å². The first kappa shape index (κ1) is 11.5. The van der Waals surface area contributed by atoms with Crippen LogP contribution in [-0.2, 0) is 0 Å². The van der Waals surface area contributed by atoms with Crippen molar-refractivity contribution in [2.24, 2.45) is 0 Å². The summed E-state index contributed by atoms with van der Waals surface area (Å²) in [5, 5.41) is 0.502. The van der Waals surface area contributed by atoms with Gasteiger partial charge in [0.05, 0.1) is 8.07 Å². The van der Waals surface area contributed by atoms with Crippen LogP contribution >= 0.6 is 11.6 Å². The zero-order valence-corrected chi connectivity index (χ0v) is 10.0. The largest absolute Gasteiger partial charge is 0.127 e. The maximum atomic E-state index is 6.35. The molecule has 11 heavy (non-hydrogen) atoms. The Morgan fingerprint density at radius 2 is 1.36 bits per heavy atom. The highest BCUT2D eigenvalue weighted by Gasteiger charge is 2.33. The summed E-state index contributed by atoms with van der Waals surface area (Å²) in [6.45, 7) is 9.14. The molecule has 0 aromatic carbocycles. The lowest BCUT2D eigenvalue weighted by Crippen LogP contribution is -2.42. The van der Waals surface area contributed by atoms with E-state index in [2.05, 4.69) is 27.7 Å². The molecule has 0 bridgehead atoms. The van der Waals surface area contributed by atoms with Gasteiger partial charge in [-0.2, -0.15) is 0 Å². The normalized spacial score (nSPS) is 15.0. The molecule has 68 valence electrons. The van der Waals surface area contributed by atoms with Crippen molar-refractivity contribution in [3.05, 3.63) is 0 Å². The molecular formula is C9H21ClSi. The van der Waals surface area contributed by atoms with E-state index in [1.807, 2.05) is 0 Å². The Balaban J connectivity index is 4.26. The van der Waals surface area contributed by atoms with Gasteiger partial charge in [-0.3, -0.25) is 0 Å². The third-order valence-electron chi connectivity index (χ3n) is 3.14. The summed E-state index contributed by atoms with van der Waals surface area (Å²) in [6, 6.07) is 4.05. The van der Waals surface area contributed by atoms with E-state index in [1.54, 1.807) is 0 Å². The van der Waals surface area contributed by atoms with Gasteiger partial charge in [0, 0.05) is 5.00 Å². The van der Waals surface area contributed by atoms with Gasteiger partial charge in [0.1, 0.15) is 0 Å². The van der Waals surface area contributed by atoms with Crippen molar-refractivity contribution in [1.82, 2.24) is 0 Å². The molecule has 0 saturated carbocycles. The molecule has 0 aromatic heterocycles. The number of hydrogen-bond donors (Lipinski definition) is 0. The van der Waals surface area contributed by atoms with Gasteiger partial charge in [-0.15, -0.1) is 11.6 Å². The molecule has 0 radical (unpaired) electrons. The Bertz CT molecular complexity index is 91.5. The second-order valence-electron chi connectivity index (χ2n) is 3.30. The average molecular weight is 193 g/mol. The van der Waals surface area contributed by atoms with Crippen molar-refractivity contribution in [3.8, 4) is 0 Å². The summed E-state index contributed by atoms with van der Waals surface area (Å²) in [7, 11) is -1.06. The minimum absolute atomic E-state index is 0.502. The van der Waals surface area contributed by atoms with Crippen LogP contribution in [0.3, 0.4) is 0 Å². The number of halogens is 1. The van der Waals surface area contributed by atoms with Crippen molar-refractivity contribution in [1.29, 1.82) is 0 Å². The molecule has 0 aromatic rings. The molecule has 1 unspecified atom stereocenters. The van der Waals surface area contributed by atoms with Crippen LogP contribution in [-0.4, -0.2) is 13.1 Å². The van der Waals surface area contributed by atoms with E-state index in [0.29, 0.717) is 5.00 Å². The van der Waals surface area contributed by atoms with Crippen LogP contribution in [0.2, 0.25) is 18.1 Å². The molecule has 0 amide bonds. The van der Waals surface area contributed by atoms with Crippen LogP contribution < -0.4 is 0 Å². The van der Waals surface area contributed by atoms with Crippen LogP contribution in [0, 0.1) is 0 Å². The van der Waals surface area contributed by atoms with Gasteiger partial charge < -0.3 is 0 Å². The van der Waals surface area contributed by atoms with Gasteiger partial charge in [0.2, 0.25) is 0 Å². The standard InChI is InChI=1S/C9H21ClSi/c1-5-9(10)11(6-2,7-3)8-4/h9H,5-8H2,1-4H3. The fourth-order valence-corrected chi connectivity index (χ4v) is 6.93. The molecule has 0 nitrogen and oxygen atoms in total. The van der Waals surface area contributed by atoms with Gasteiger partial charge in [-0.25, -0.2) is 0 Å². The lowest BCUT2D eigenvalue weighted by atomic mass is 10.6. The summed E-state index contributed by atoms with van der Waals surface area (Å²) < 4.78 is 0. The van der Waals surface area contributed by atoms with Gasteiger partial charge in [0.15, 0.2) is 0 Å². The van der Waals surface area contributed by atoms with E-state index >= 15 is 0 Å². The monoisotopic (exact) mass is 192 g/mol. The fraction of sp³-hybridized carbons (Fsp3) is 1.00. The first-order valence-corrected chi connectivity index (χ1v) is 7.94. The van der Waals surface area contributed by atoms with E-state index < -0.39 is 8.07 Å². The Morgan fingerprint density at radius 3 is 1.45 bits per heavy atom. The van der Waals surface area contributed by atoms with Crippen LogP contribution in [0.5, 0.6) is 0 Å². The van der Waals surface area contributed by atoms with Crippen molar-refractivity contribution in [2.45, 2.75) is 57.2 Å². The van der Waals surface area contributed by atoms with E-state index in [9.17, 15) is 0 Å². The molecule has 0 saturated heterocycles. The van der Waals surface area contributed by atoms with E-state index in [4.69, 9.17) is 11.6 Å². The third kappa shape index (κ3) is 2.48. The zero-order chi connectivity index (χ0) is 8.91. The maximum absolute atomic E-state index is 6.35. The highest BCUT2D eigenvalue weighted by Crippen LogP contribution is 2.29. The van der Waals surface area contributed by atoms with Crippen LogP contribution in [0.4, 0.5) is 0 Å². The van der Waals surface area contributed by atoms with Crippen molar-refractivity contribution < 1.29 is 0 Å². The zero-order valence-electron chi connectivity index (χ0n) is 8.28. The first-order chi connectivity index (χ1) is 5.16. The molecule has 0 heterocycles. The molecule has 0 spiro atoms. The Kier molecular flexibility index (Phi) is 5.45. The number of alkyl halides is 1.